The minimum atomic E-state index is -0.0334. The number of fused-ring (bicyclic) bond motifs is 4. The van der Waals surface area contributed by atoms with Crippen molar-refractivity contribution in [2.24, 2.45) is 0 Å². The van der Waals surface area contributed by atoms with Crippen molar-refractivity contribution in [2.45, 2.75) is 78.1 Å². The van der Waals surface area contributed by atoms with Crippen LogP contribution in [0.2, 0.25) is 0 Å². The van der Waals surface area contributed by atoms with E-state index >= 15 is 0 Å². The van der Waals surface area contributed by atoms with Crippen LogP contribution in [-0.2, 0) is 10.8 Å². The fourth-order valence-corrected chi connectivity index (χ4v) is 6.72. The van der Waals surface area contributed by atoms with Gasteiger partial charge in [0.2, 0.25) is 0 Å². The van der Waals surface area contributed by atoms with Gasteiger partial charge in [-0.05, 0) is 75.9 Å². The molecule has 0 fully saturated rings. The van der Waals surface area contributed by atoms with E-state index in [0.29, 0.717) is 5.92 Å². The standard InChI is InChI=1S/C36H42N2.C2H6/c1-25-15-14-18-29-27(25)21-23-31-34(29)36(4,5)32(38(31)7)19-10-8-9-13-24-35(2,3)33-28-17-12-11-16-26(28)20-22-30(33)37-6;1-2/h8-14,16-23,25,37H,15,24H2,1-7H3;1-2H3/p+1/b10-8+,13-9+,32-19+;. The number of hydrogen-bond acceptors (Lipinski definition) is 1. The molecule has 2 nitrogen and oxygen atoms in total. The lowest BCUT2D eigenvalue weighted by atomic mass is 9.76. The largest absolute Gasteiger partial charge is 0.347 e. The van der Waals surface area contributed by atoms with E-state index in [1.165, 1.54) is 50.1 Å². The van der Waals surface area contributed by atoms with Crippen LogP contribution in [0.3, 0.4) is 0 Å². The summed E-state index contributed by atoms with van der Waals surface area (Å²) in [6.07, 6.45) is 18.0. The predicted octanol–water partition coefficient (Wildman–Crippen LogP) is 9.30. The Hall–Kier alpha value is -3.36. The van der Waals surface area contributed by atoms with E-state index in [-0.39, 0.29) is 10.8 Å². The highest BCUT2D eigenvalue weighted by atomic mass is 15.2. The van der Waals surface area contributed by atoms with Gasteiger partial charge in [0.15, 0.2) is 0 Å². The van der Waals surface area contributed by atoms with Gasteiger partial charge in [0.1, 0.15) is 5.69 Å². The van der Waals surface area contributed by atoms with Gasteiger partial charge in [0.25, 0.3) is 0 Å². The zero-order chi connectivity index (χ0) is 29.1. The minimum Gasteiger partial charge on any atom is -0.347 e. The van der Waals surface area contributed by atoms with Crippen LogP contribution in [0.5, 0.6) is 0 Å². The quantitative estimate of drug-likeness (QED) is 0.247. The molecule has 5 rings (SSSR count). The third-order valence-corrected chi connectivity index (χ3v) is 8.74. The van der Waals surface area contributed by atoms with Gasteiger partial charge in [-0.2, -0.15) is 0 Å². The molecule has 0 saturated heterocycles. The van der Waals surface area contributed by atoms with Gasteiger partial charge in [-0.1, -0.05) is 115 Å². The molecule has 1 aliphatic carbocycles. The number of rotatable bonds is 6. The van der Waals surface area contributed by atoms with Gasteiger partial charge < -0.3 is 10.2 Å². The molecule has 3 aromatic rings. The van der Waals surface area contributed by atoms with Crippen molar-refractivity contribution < 1.29 is 5.32 Å². The molecule has 1 heterocycles. The number of hydrogen-bond donors (Lipinski definition) is 1. The molecule has 0 amide bonds. The second-order valence-electron chi connectivity index (χ2n) is 12.2. The van der Waals surface area contributed by atoms with Gasteiger partial charge in [-0.25, -0.2) is 0 Å². The van der Waals surface area contributed by atoms with Crippen LogP contribution in [0.15, 0.2) is 90.7 Å². The molecule has 2 heteroatoms. The van der Waals surface area contributed by atoms with Crippen LogP contribution in [0.1, 0.15) is 89.5 Å². The topological polar surface area (TPSA) is 19.9 Å². The SMILES string of the molecule is CC.C[NH2+]c1ccc2ccccc2c1C(C)(C)C/C=C/C=C/C=C1/N(C)c2ccc3c(c2C1(C)C)C=CCC3C. The first-order chi connectivity index (χ1) is 19.2. The fraction of sp³-hybridized carbons (Fsp3) is 0.368. The molecular formula is C38H49N2+. The summed E-state index contributed by atoms with van der Waals surface area (Å²) in [6.45, 7) is 15.8. The van der Waals surface area contributed by atoms with Crippen LogP contribution in [0.25, 0.3) is 16.8 Å². The molecule has 1 unspecified atom stereocenters. The molecule has 2 aliphatic rings. The summed E-state index contributed by atoms with van der Waals surface area (Å²) in [5.74, 6) is 0.587. The summed E-state index contributed by atoms with van der Waals surface area (Å²) in [5, 5.41) is 4.91. The summed E-state index contributed by atoms with van der Waals surface area (Å²) < 4.78 is 0. The Bertz CT molecular complexity index is 1480. The molecule has 210 valence electrons. The van der Waals surface area contributed by atoms with Gasteiger partial charge in [0.05, 0.1) is 7.05 Å². The Balaban J connectivity index is 0.00000181. The summed E-state index contributed by atoms with van der Waals surface area (Å²) in [5.41, 5.74) is 9.84. The third-order valence-electron chi connectivity index (χ3n) is 8.74. The van der Waals surface area contributed by atoms with Crippen molar-refractivity contribution in [3.63, 3.8) is 0 Å². The van der Waals surface area contributed by atoms with E-state index in [9.17, 15) is 0 Å². The van der Waals surface area contributed by atoms with E-state index in [4.69, 9.17) is 0 Å². The van der Waals surface area contributed by atoms with E-state index in [1.807, 2.05) is 13.8 Å². The minimum absolute atomic E-state index is 0.0323. The molecule has 0 bridgehead atoms. The van der Waals surface area contributed by atoms with Crippen LogP contribution in [0.4, 0.5) is 11.4 Å². The zero-order valence-electron chi connectivity index (χ0n) is 26.2. The van der Waals surface area contributed by atoms with Gasteiger partial charge in [0, 0.05) is 29.4 Å². The Labute approximate surface area is 243 Å². The van der Waals surface area contributed by atoms with Crippen molar-refractivity contribution in [1.29, 1.82) is 0 Å². The van der Waals surface area contributed by atoms with Gasteiger partial charge >= 0.3 is 0 Å². The molecule has 3 aromatic carbocycles. The van der Waals surface area contributed by atoms with Crippen LogP contribution >= 0.6 is 0 Å². The van der Waals surface area contributed by atoms with Crippen molar-refractivity contribution in [3.8, 4) is 0 Å². The number of benzene rings is 3. The average Bonchev–Trinajstić information content (AvgIpc) is 3.15. The number of allylic oxidation sites excluding steroid dienone is 7. The fourth-order valence-electron chi connectivity index (χ4n) is 6.72. The van der Waals surface area contributed by atoms with E-state index in [2.05, 4.69) is 150 Å². The normalized spacial score (nSPS) is 18.9. The van der Waals surface area contributed by atoms with Crippen LogP contribution < -0.4 is 10.2 Å². The highest BCUT2D eigenvalue weighted by Crippen LogP contribution is 2.51. The van der Waals surface area contributed by atoms with E-state index in [0.717, 1.165) is 12.8 Å². The van der Waals surface area contributed by atoms with Crippen molar-refractivity contribution in [1.82, 2.24) is 0 Å². The first kappa shape index (κ1) is 29.6. The van der Waals surface area contributed by atoms with Crippen LogP contribution in [-0.4, -0.2) is 14.1 Å². The first-order valence-corrected chi connectivity index (χ1v) is 15.1. The molecule has 2 N–H and O–H groups in total. The number of anilines is 1. The summed E-state index contributed by atoms with van der Waals surface area (Å²) in [6, 6.07) is 17.9. The maximum Gasteiger partial charge on any atom is 0.133 e. The Morgan fingerprint density at radius 1 is 1.00 bits per heavy atom. The maximum atomic E-state index is 2.38. The summed E-state index contributed by atoms with van der Waals surface area (Å²) in [7, 11) is 4.35. The number of nitrogens with two attached hydrogens (primary N) is 1. The summed E-state index contributed by atoms with van der Waals surface area (Å²) in [4.78, 5) is 2.38. The number of quaternary nitrogens is 1. The lowest BCUT2D eigenvalue weighted by molar-refractivity contribution is -0.540. The molecule has 40 heavy (non-hydrogen) atoms. The maximum absolute atomic E-state index is 2.38. The van der Waals surface area contributed by atoms with Crippen LogP contribution in [0, 0.1) is 0 Å². The van der Waals surface area contributed by atoms with Crippen molar-refractivity contribution in [3.05, 3.63) is 113 Å². The van der Waals surface area contributed by atoms with Crippen molar-refractivity contribution >= 4 is 28.2 Å². The molecule has 0 spiro atoms. The zero-order valence-corrected chi connectivity index (χ0v) is 26.2. The molecule has 0 saturated carbocycles. The lowest BCUT2D eigenvalue weighted by Crippen LogP contribution is -2.73. The molecule has 0 radical (unpaired) electrons. The summed E-state index contributed by atoms with van der Waals surface area (Å²) >= 11 is 0. The first-order valence-electron chi connectivity index (χ1n) is 15.1. The molecule has 0 aromatic heterocycles. The van der Waals surface area contributed by atoms with Gasteiger partial charge in [-0.15, -0.1) is 0 Å². The second-order valence-corrected chi connectivity index (χ2v) is 12.2. The highest BCUT2D eigenvalue weighted by Gasteiger charge is 2.41. The second kappa shape index (κ2) is 12.0. The Morgan fingerprint density at radius 2 is 1.75 bits per heavy atom. The number of likely N-dealkylation sites (N-methyl/N-ethyl adjacent to an activating group) is 1. The lowest BCUT2D eigenvalue weighted by Gasteiger charge is -2.27. The monoisotopic (exact) mass is 533 g/mol. The van der Waals surface area contributed by atoms with Gasteiger partial charge in [-0.3, -0.25) is 0 Å². The molecule has 1 aliphatic heterocycles. The average molecular weight is 534 g/mol. The Morgan fingerprint density at radius 3 is 2.50 bits per heavy atom. The smallest absolute Gasteiger partial charge is 0.133 e. The van der Waals surface area contributed by atoms with E-state index < -0.39 is 0 Å². The van der Waals surface area contributed by atoms with Crippen molar-refractivity contribution in [2.75, 3.05) is 19.0 Å². The molecular weight excluding hydrogens is 484 g/mol. The predicted molar refractivity (Wildman–Crippen MR) is 177 cm³/mol. The van der Waals surface area contributed by atoms with E-state index in [1.54, 1.807) is 0 Å². The number of nitrogens with zero attached hydrogens (tertiary/aromatic N) is 1. The Kier molecular flexibility index (Phi) is 8.90. The third kappa shape index (κ3) is 5.34. The molecule has 1 atom stereocenters. The highest BCUT2D eigenvalue weighted by molar-refractivity contribution is 5.89.